The van der Waals surface area contributed by atoms with E-state index < -0.39 is 22.0 Å². The zero-order valence-corrected chi connectivity index (χ0v) is 28.9. The molecular formula is C31H62NNaO5S. The van der Waals surface area contributed by atoms with Crippen LogP contribution in [0.4, 0.5) is 0 Å². The molecule has 0 aliphatic rings. The van der Waals surface area contributed by atoms with E-state index in [0.29, 0.717) is 13.0 Å². The maximum Gasteiger partial charge on any atom is 1.00 e. The zero-order chi connectivity index (χ0) is 28.3. The van der Waals surface area contributed by atoms with Gasteiger partial charge in [0.2, 0.25) is 5.91 Å². The molecule has 0 heterocycles. The van der Waals surface area contributed by atoms with Crippen molar-refractivity contribution in [3.8, 4) is 0 Å². The van der Waals surface area contributed by atoms with Gasteiger partial charge in [0.15, 0.2) is 0 Å². The molecule has 6 nitrogen and oxygen atoms in total. The van der Waals surface area contributed by atoms with Crippen molar-refractivity contribution in [3.63, 3.8) is 0 Å². The monoisotopic (exact) mass is 583 g/mol. The van der Waals surface area contributed by atoms with Gasteiger partial charge in [-0.15, -0.1) is 0 Å². The molecule has 228 valence electrons. The Morgan fingerprint density at radius 3 is 1.33 bits per heavy atom. The topological polar surface area (TPSA) is 97.7 Å². The molecule has 1 N–H and O–H groups in total. The Balaban J connectivity index is 0. The summed E-state index contributed by atoms with van der Waals surface area (Å²) in [6, 6.07) is 0. The fourth-order valence-corrected chi connectivity index (χ4v) is 5.68. The van der Waals surface area contributed by atoms with Crippen molar-refractivity contribution in [1.82, 2.24) is 4.90 Å². The van der Waals surface area contributed by atoms with Crippen molar-refractivity contribution >= 4 is 16.0 Å². The van der Waals surface area contributed by atoms with Crippen LogP contribution in [0, 0.1) is 0 Å². The molecule has 39 heavy (non-hydrogen) atoms. The van der Waals surface area contributed by atoms with Gasteiger partial charge in [-0.1, -0.05) is 149 Å². The Hall–Kier alpha value is 0.340. The van der Waals surface area contributed by atoms with Crippen molar-refractivity contribution in [2.24, 2.45) is 0 Å². The summed E-state index contributed by atoms with van der Waals surface area (Å²) in [4.78, 5) is 14.4. The van der Waals surface area contributed by atoms with Crippen molar-refractivity contribution in [2.75, 3.05) is 18.8 Å². The van der Waals surface area contributed by atoms with Crippen LogP contribution in [0.25, 0.3) is 0 Å². The molecule has 0 aromatic carbocycles. The van der Waals surface area contributed by atoms with Crippen molar-refractivity contribution < 1.29 is 52.4 Å². The molecule has 1 atom stereocenters. The van der Waals surface area contributed by atoms with Gasteiger partial charge in [-0.2, -0.15) is 0 Å². The Kier molecular flexibility index (Phi) is 31.7. The van der Waals surface area contributed by atoms with Crippen molar-refractivity contribution in [3.05, 3.63) is 0 Å². The first kappa shape index (κ1) is 41.5. The maximum atomic E-state index is 12.8. The fraction of sp³-hybridized carbons (Fsp3) is 0.968. The Morgan fingerprint density at radius 1 is 0.641 bits per heavy atom. The number of carbonyl (C=O) groups excluding carboxylic acids is 1. The summed E-state index contributed by atoms with van der Waals surface area (Å²) in [7, 11) is -4.52. The van der Waals surface area contributed by atoms with Crippen LogP contribution in [0.1, 0.15) is 168 Å². The standard InChI is InChI=1S/C31H63NO5S.Na/c1-3-5-7-9-11-13-15-16-17-18-20-22-24-26-31(34)32(28-30(33)29-38(35,36)37)27-25-23-21-19-14-12-10-8-6-4-2;/h30,33H,3-29H2,1-2H3,(H,35,36,37);/q;+1/p-1. The largest absolute Gasteiger partial charge is 1.00 e. The summed E-state index contributed by atoms with van der Waals surface area (Å²) >= 11 is 0. The summed E-state index contributed by atoms with van der Waals surface area (Å²) in [5, 5.41) is 10.1. The number of aliphatic hydroxyl groups excluding tert-OH is 1. The number of rotatable bonds is 29. The molecule has 0 aliphatic carbocycles. The number of aliphatic hydroxyl groups is 1. The van der Waals surface area contributed by atoms with Gasteiger partial charge >= 0.3 is 29.6 Å². The molecule has 0 radical (unpaired) electrons. The van der Waals surface area contributed by atoms with E-state index in [1.54, 1.807) is 4.90 Å². The number of unbranched alkanes of at least 4 members (excludes halogenated alkanes) is 21. The predicted molar refractivity (Wildman–Crippen MR) is 159 cm³/mol. The van der Waals surface area contributed by atoms with E-state index in [0.717, 1.165) is 38.5 Å². The molecule has 1 unspecified atom stereocenters. The molecule has 0 saturated heterocycles. The number of hydrogen-bond acceptors (Lipinski definition) is 5. The molecule has 0 aromatic rings. The van der Waals surface area contributed by atoms with E-state index >= 15 is 0 Å². The smallest absolute Gasteiger partial charge is 0.748 e. The molecular weight excluding hydrogens is 521 g/mol. The second kappa shape index (κ2) is 29.8. The molecule has 0 saturated carbocycles. The number of carbonyl (C=O) groups is 1. The van der Waals surface area contributed by atoms with E-state index in [1.165, 1.54) is 109 Å². The van der Waals surface area contributed by atoms with Gasteiger partial charge < -0.3 is 14.6 Å². The van der Waals surface area contributed by atoms with E-state index in [1.807, 2.05) is 0 Å². The first-order chi connectivity index (χ1) is 18.3. The average Bonchev–Trinajstić information content (AvgIpc) is 2.86. The first-order valence-electron chi connectivity index (χ1n) is 16.2. The number of nitrogens with zero attached hydrogens (tertiary/aromatic N) is 1. The minimum absolute atomic E-state index is 0. The van der Waals surface area contributed by atoms with Gasteiger partial charge in [-0.25, -0.2) is 8.42 Å². The third-order valence-corrected chi connectivity index (χ3v) is 8.25. The van der Waals surface area contributed by atoms with E-state index in [-0.39, 0.29) is 42.0 Å². The Labute approximate surface area is 264 Å². The predicted octanol–water partition coefficient (Wildman–Crippen LogP) is 5.13. The Morgan fingerprint density at radius 2 is 0.974 bits per heavy atom. The average molecular weight is 584 g/mol. The quantitative estimate of drug-likeness (QED) is 0.0748. The van der Waals surface area contributed by atoms with Crippen LogP contribution in [0.3, 0.4) is 0 Å². The Bertz CT molecular complexity index is 632. The maximum absolute atomic E-state index is 12.8. The van der Waals surface area contributed by atoms with Crippen molar-refractivity contribution in [1.29, 1.82) is 0 Å². The fourth-order valence-electron chi connectivity index (χ4n) is 5.10. The summed E-state index contributed by atoms with van der Waals surface area (Å²) in [5.41, 5.74) is 0. The molecule has 0 spiro atoms. The SMILES string of the molecule is CCCCCCCCCCCCCCCC(=O)N(CCCCCCCCCCCC)CC(O)CS(=O)(=O)[O-].[Na+]. The van der Waals surface area contributed by atoms with Gasteiger partial charge in [-0.3, -0.25) is 4.79 Å². The van der Waals surface area contributed by atoms with E-state index in [2.05, 4.69) is 13.8 Å². The van der Waals surface area contributed by atoms with Crippen LogP contribution < -0.4 is 29.6 Å². The molecule has 8 heteroatoms. The molecule has 0 bridgehead atoms. The van der Waals surface area contributed by atoms with Crippen LogP contribution in [-0.4, -0.2) is 53.8 Å². The summed E-state index contributed by atoms with van der Waals surface area (Å²) in [5.74, 6) is -0.876. The zero-order valence-electron chi connectivity index (χ0n) is 26.1. The van der Waals surface area contributed by atoms with Gasteiger partial charge in [0.25, 0.3) is 0 Å². The summed E-state index contributed by atoms with van der Waals surface area (Å²) < 4.78 is 33.1. The van der Waals surface area contributed by atoms with Crippen LogP contribution in [0.5, 0.6) is 0 Å². The van der Waals surface area contributed by atoms with Crippen LogP contribution in [0.15, 0.2) is 0 Å². The van der Waals surface area contributed by atoms with Gasteiger partial charge in [0.1, 0.15) is 0 Å². The van der Waals surface area contributed by atoms with E-state index in [4.69, 9.17) is 0 Å². The van der Waals surface area contributed by atoms with Gasteiger partial charge in [0, 0.05) is 19.5 Å². The first-order valence-corrected chi connectivity index (χ1v) is 17.8. The third kappa shape index (κ3) is 31.1. The van der Waals surface area contributed by atoms with Crippen molar-refractivity contribution in [2.45, 2.75) is 174 Å². The van der Waals surface area contributed by atoms with Gasteiger partial charge in [-0.05, 0) is 12.8 Å². The molecule has 0 rings (SSSR count). The number of hydrogen-bond donors (Lipinski definition) is 1. The van der Waals surface area contributed by atoms with Crippen LogP contribution >= 0.6 is 0 Å². The second-order valence-corrected chi connectivity index (χ2v) is 12.8. The normalized spacial score (nSPS) is 12.3. The molecule has 0 aliphatic heterocycles. The van der Waals surface area contributed by atoms with E-state index in [9.17, 15) is 22.9 Å². The number of amides is 1. The summed E-state index contributed by atoms with van der Waals surface area (Å²) in [6.07, 6.45) is 27.3. The van der Waals surface area contributed by atoms with Gasteiger partial charge in [0.05, 0.1) is 22.0 Å². The summed E-state index contributed by atoms with van der Waals surface area (Å²) in [6.45, 7) is 4.92. The van der Waals surface area contributed by atoms with Crippen LogP contribution in [-0.2, 0) is 14.9 Å². The molecule has 0 aromatic heterocycles. The minimum Gasteiger partial charge on any atom is -0.748 e. The minimum atomic E-state index is -4.52. The second-order valence-electron chi connectivity index (χ2n) is 11.4. The molecule has 1 amide bonds. The van der Waals surface area contributed by atoms with Crippen LogP contribution in [0.2, 0.25) is 0 Å². The third-order valence-electron chi connectivity index (χ3n) is 7.46. The molecule has 0 fully saturated rings.